The summed E-state index contributed by atoms with van der Waals surface area (Å²) in [7, 11) is 0. The number of aliphatic carboxylic acids is 1. The summed E-state index contributed by atoms with van der Waals surface area (Å²) in [6, 6.07) is 10.6. The first-order valence-corrected chi connectivity index (χ1v) is 8.70. The number of carboxylic acids is 1. The van der Waals surface area contributed by atoms with E-state index < -0.39 is 17.7 Å². The van der Waals surface area contributed by atoms with Crippen LogP contribution in [0.2, 0.25) is 0 Å². The largest absolute Gasteiger partial charge is 0.478 e. The monoisotopic (exact) mass is 379 g/mol. The Hall–Kier alpha value is -3.61. The fourth-order valence-electron chi connectivity index (χ4n) is 2.67. The third-order valence-electron chi connectivity index (χ3n) is 3.82. The molecule has 3 N–H and O–H groups in total. The minimum atomic E-state index is -1.03. The quantitative estimate of drug-likeness (QED) is 0.578. The highest BCUT2D eigenvalue weighted by molar-refractivity contribution is 6.21. The number of aromatic nitrogens is 2. The molecule has 0 bridgehead atoms. The molecule has 0 aliphatic carbocycles. The van der Waals surface area contributed by atoms with E-state index >= 15 is 0 Å². The van der Waals surface area contributed by atoms with Gasteiger partial charge >= 0.3 is 12.1 Å². The van der Waals surface area contributed by atoms with Crippen molar-refractivity contribution in [2.45, 2.75) is 26.4 Å². The van der Waals surface area contributed by atoms with Crippen LogP contribution in [0.3, 0.4) is 0 Å². The van der Waals surface area contributed by atoms with Crippen molar-refractivity contribution >= 4 is 40.4 Å². The van der Waals surface area contributed by atoms with Crippen molar-refractivity contribution in [3.63, 3.8) is 0 Å². The third kappa shape index (κ3) is 4.56. The normalized spacial score (nSPS) is 12.0. The summed E-state index contributed by atoms with van der Waals surface area (Å²) in [6.07, 6.45) is 4.18. The van der Waals surface area contributed by atoms with E-state index in [1.165, 1.54) is 6.20 Å². The molecule has 0 fully saturated rings. The second-order valence-corrected chi connectivity index (χ2v) is 7.22. The van der Waals surface area contributed by atoms with E-state index in [0.717, 1.165) is 0 Å². The summed E-state index contributed by atoms with van der Waals surface area (Å²) in [4.78, 5) is 31.0. The first-order chi connectivity index (χ1) is 13.2. The van der Waals surface area contributed by atoms with Gasteiger partial charge in [0.25, 0.3) is 0 Å². The Morgan fingerprint density at radius 3 is 2.57 bits per heavy atom. The maximum Gasteiger partial charge on any atom is 0.412 e. The minimum absolute atomic E-state index is 0.159. The number of hydrogen-bond donors (Lipinski definition) is 3. The zero-order valence-electron chi connectivity index (χ0n) is 15.8. The number of carbonyl (C=O) groups is 2. The first-order valence-electron chi connectivity index (χ1n) is 8.70. The molecule has 0 radical (unpaired) electrons. The number of carbonyl (C=O) groups excluding carboxylic acids is 1. The first kappa shape index (κ1) is 19.2. The van der Waals surface area contributed by atoms with Gasteiger partial charge in [0.1, 0.15) is 11.2 Å². The molecule has 7 heteroatoms. The minimum Gasteiger partial charge on any atom is -0.478 e. The van der Waals surface area contributed by atoms with Crippen LogP contribution in [0.25, 0.3) is 22.7 Å². The molecule has 2 aromatic heterocycles. The van der Waals surface area contributed by atoms with E-state index in [9.17, 15) is 14.7 Å². The van der Waals surface area contributed by atoms with Gasteiger partial charge in [0.05, 0.1) is 17.5 Å². The van der Waals surface area contributed by atoms with Crippen LogP contribution in [0.15, 0.2) is 48.8 Å². The number of rotatable bonds is 4. The van der Waals surface area contributed by atoms with Crippen LogP contribution in [0.5, 0.6) is 0 Å². The van der Waals surface area contributed by atoms with Gasteiger partial charge in [0.15, 0.2) is 0 Å². The molecule has 28 heavy (non-hydrogen) atoms. The highest BCUT2D eigenvalue weighted by Crippen LogP contribution is 2.25. The Labute approximate surface area is 162 Å². The maximum absolute atomic E-state index is 12.0. The number of amides is 1. The van der Waals surface area contributed by atoms with Crippen molar-refractivity contribution in [2.75, 3.05) is 5.32 Å². The van der Waals surface area contributed by atoms with Crippen LogP contribution in [0.1, 0.15) is 31.9 Å². The summed E-state index contributed by atoms with van der Waals surface area (Å²) in [5.74, 6) is -1.03. The lowest BCUT2D eigenvalue weighted by molar-refractivity contribution is -0.130. The predicted molar refractivity (Wildman–Crippen MR) is 108 cm³/mol. The van der Waals surface area contributed by atoms with Gasteiger partial charge in [-0.05, 0) is 38.5 Å². The molecule has 1 aromatic carbocycles. The lowest BCUT2D eigenvalue weighted by Crippen LogP contribution is -2.27. The number of H-pyrrole nitrogens is 1. The number of hydrogen-bond acceptors (Lipinski definition) is 4. The highest BCUT2D eigenvalue weighted by Gasteiger charge is 2.17. The molecule has 0 atom stereocenters. The van der Waals surface area contributed by atoms with Gasteiger partial charge in [-0.2, -0.15) is 0 Å². The molecule has 7 nitrogen and oxygen atoms in total. The number of ether oxygens (including phenoxy) is 1. The lowest BCUT2D eigenvalue weighted by Gasteiger charge is -2.19. The Morgan fingerprint density at radius 2 is 1.93 bits per heavy atom. The van der Waals surface area contributed by atoms with E-state index in [1.54, 1.807) is 63.4 Å². The molecular weight excluding hydrogens is 358 g/mol. The van der Waals surface area contributed by atoms with Crippen molar-refractivity contribution < 1.29 is 19.4 Å². The number of pyridine rings is 1. The second kappa shape index (κ2) is 7.56. The molecule has 0 saturated heterocycles. The van der Waals surface area contributed by atoms with Gasteiger partial charge in [0, 0.05) is 17.1 Å². The van der Waals surface area contributed by atoms with Crippen molar-refractivity contribution in [3.8, 4) is 0 Å². The zero-order chi connectivity index (χ0) is 20.3. The number of benzene rings is 1. The molecule has 3 rings (SSSR count). The highest BCUT2D eigenvalue weighted by atomic mass is 16.6. The number of nitrogens with one attached hydrogen (secondary N) is 2. The summed E-state index contributed by atoms with van der Waals surface area (Å²) in [5, 5.41) is 12.9. The van der Waals surface area contributed by atoms with E-state index in [-0.39, 0.29) is 5.57 Å². The third-order valence-corrected chi connectivity index (χ3v) is 3.82. The fraction of sp³-hybridized carbons (Fsp3) is 0.190. The van der Waals surface area contributed by atoms with Gasteiger partial charge in [-0.3, -0.25) is 5.32 Å². The molecule has 0 spiro atoms. The maximum atomic E-state index is 12.0. The van der Waals surface area contributed by atoms with Crippen LogP contribution >= 0.6 is 0 Å². The molecule has 0 aliphatic rings. The number of aromatic amines is 1. The van der Waals surface area contributed by atoms with Crippen molar-refractivity contribution in [1.29, 1.82) is 0 Å². The predicted octanol–water partition coefficient (Wildman–Crippen LogP) is 4.54. The van der Waals surface area contributed by atoms with Gasteiger partial charge < -0.3 is 14.8 Å². The summed E-state index contributed by atoms with van der Waals surface area (Å²) in [5.41, 5.74) is 1.82. The zero-order valence-corrected chi connectivity index (χ0v) is 15.8. The summed E-state index contributed by atoms with van der Waals surface area (Å²) < 4.78 is 5.24. The Bertz CT molecular complexity index is 1050. The van der Waals surface area contributed by atoms with Crippen LogP contribution in [-0.4, -0.2) is 32.7 Å². The Morgan fingerprint density at radius 1 is 1.21 bits per heavy atom. The van der Waals surface area contributed by atoms with Crippen molar-refractivity contribution in [3.05, 3.63) is 59.9 Å². The summed E-state index contributed by atoms with van der Waals surface area (Å²) in [6.45, 7) is 5.33. The molecular formula is C21H21N3O4. The average Bonchev–Trinajstić information content (AvgIpc) is 3.00. The topological polar surface area (TPSA) is 104 Å². The van der Waals surface area contributed by atoms with Crippen molar-refractivity contribution in [2.24, 2.45) is 0 Å². The fourth-order valence-corrected chi connectivity index (χ4v) is 2.67. The lowest BCUT2D eigenvalue weighted by atomic mass is 10.0. The number of anilines is 1. The van der Waals surface area contributed by atoms with Crippen LogP contribution in [0.4, 0.5) is 10.5 Å². The molecule has 2 heterocycles. The smallest absolute Gasteiger partial charge is 0.412 e. The SMILES string of the molecule is CC(C)(C)OC(=O)Nc1cnc2[nH]cc(C=C(C(=O)O)c3ccccc3)c2c1. The van der Waals surface area contributed by atoms with E-state index in [2.05, 4.69) is 15.3 Å². The second-order valence-electron chi connectivity index (χ2n) is 7.22. The van der Waals surface area contributed by atoms with E-state index in [1.807, 2.05) is 6.07 Å². The Kier molecular flexibility index (Phi) is 5.17. The molecule has 0 saturated carbocycles. The number of fused-ring (bicyclic) bond motifs is 1. The number of nitrogens with zero attached hydrogens (tertiary/aromatic N) is 1. The van der Waals surface area contributed by atoms with Crippen LogP contribution in [0, 0.1) is 0 Å². The standard InChI is InChI=1S/C21H21N3O4/c1-21(2,3)28-20(27)24-15-10-16-14(11-22-18(16)23-12-15)9-17(19(25)26)13-7-5-4-6-8-13/h4-12H,1-3H3,(H,22,23)(H,24,27)(H,25,26). The van der Waals surface area contributed by atoms with Gasteiger partial charge in [0.2, 0.25) is 0 Å². The van der Waals surface area contributed by atoms with Gasteiger partial charge in [-0.25, -0.2) is 14.6 Å². The molecule has 3 aromatic rings. The summed E-state index contributed by atoms with van der Waals surface area (Å²) >= 11 is 0. The van der Waals surface area contributed by atoms with Crippen molar-refractivity contribution in [1.82, 2.24) is 9.97 Å². The van der Waals surface area contributed by atoms with Crippen LogP contribution in [-0.2, 0) is 9.53 Å². The molecule has 0 unspecified atom stereocenters. The molecule has 1 amide bonds. The van der Waals surface area contributed by atoms with Crippen LogP contribution < -0.4 is 5.32 Å². The van der Waals surface area contributed by atoms with E-state index in [0.29, 0.717) is 27.8 Å². The number of carboxylic acid groups (broad SMARTS) is 1. The molecule has 0 aliphatic heterocycles. The average molecular weight is 379 g/mol. The molecule has 144 valence electrons. The van der Waals surface area contributed by atoms with Gasteiger partial charge in [-0.15, -0.1) is 0 Å². The van der Waals surface area contributed by atoms with E-state index in [4.69, 9.17) is 4.74 Å². The Balaban J connectivity index is 1.96. The van der Waals surface area contributed by atoms with Gasteiger partial charge in [-0.1, -0.05) is 30.3 Å².